The minimum absolute atomic E-state index is 0.150. The van der Waals surface area contributed by atoms with Crippen LogP contribution in [0.4, 0.5) is 0 Å². The van der Waals surface area contributed by atoms with Crippen LogP contribution in [0.2, 0.25) is 0 Å². The lowest BCUT2D eigenvalue weighted by molar-refractivity contribution is -0.136. The molecular weight excluding hydrogens is 172 g/mol. The maximum Gasteiger partial charge on any atom is 0.308 e. The van der Waals surface area contributed by atoms with E-state index >= 15 is 0 Å². The van der Waals surface area contributed by atoms with Crippen LogP contribution >= 0.6 is 11.3 Å². The van der Waals surface area contributed by atoms with Crippen LogP contribution in [0.5, 0.6) is 0 Å². The van der Waals surface area contributed by atoms with Crippen LogP contribution in [0.3, 0.4) is 0 Å². The highest BCUT2D eigenvalue weighted by molar-refractivity contribution is 7.10. The molecule has 0 amide bonds. The van der Waals surface area contributed by atoms with Crippen molar-refractivity contribution in [3.05, 3.63) is 21.9 Å². The van der Waals surface area contributed by atoms with Gasteiger partial charge in [-0.25, -0.2) is 0 Å². The van der Waals surface area contributed by atoms with Crippen LogP contribution in [-0.4, -0.2) is 11.1 Å². The van der Waals surface area contributed by atoms with Crippen LogP contribution in [0, 0.1) is 0 Å². The van der Waals surface area contributed by atoms with E-state index in [0.29, 0.717) is 5.92 Å². The topological polar surface area (TPSA) is 37.3 Å². The Morgan fingerprint density at radius 1 is 1.67 bits per heavy atom. The Bertz CT molecular complexity index is 276. The summed E-state index contributed by atoms with van der Waals surface area (Å²) in [6.07, 6.45) is 0.150. The summed E-state index contributed by atoms with van der Waals surface area (Å²) in [7, 11) is 0. The van der Waals surface area contributed by atoms with Gasteiger partial charge in [0.25, 0.3) is 0 Å². The molecule has 0 saturated heterocycles. The van der Waals surface area contributed by atoms with E-state index in [1.54, 1.807) is 0 Å². The van der Waals surface area contributed by atoms with Crippen molar-refractivity contribution < 1.29 is 9.90 Å². The van der Waals surface area contributed by atoms with E-state index in [2.05, 4.69) is 13.8 Å². The van der Waals surface area contributed by atoms with E-state index in [1.165, 1.54) is 16.9 Å². The average molecular weight is 184 g/mol. The number of hydrogen-bond donors (Lipinski definition) is 1. The molecule has 0 saturated carbocycles. The standard InChI is InChI=1S/C9H12O2S/c1-6(2)7-3-8(12-5-7)4-9(10)11/h3,5-6H,4H2,1-2H3,(H,10,11). The average Bonchev–Trinajstić information content (AvgIpc) is 2.34. The number of rotatable bonds is 3. The van der Waals surface area contributed by atoms with Crippen LogP contribution < -0.4 is 0 Å². The van der Waals surface area contributed by atoms with Crippen molar-refractivity contribution in [2.75, 3.05) is 0 Å². The van der Waals surface area contributed by atoms with E-state index in [-0.39, 0.29) is 6.42 Å². The molecule has 1 aromatic rings. The largest absolute Gasteiger partial charge is 0.481 e. The van der Waals surface area contributed by atoms with Gasteiger partial charge in [-0.1, -0.05) is 13.8 Å². The van der Waals surface area contributed by atoms with Gasteiger partial charge in [-0.2, -0.15) is 0 Å². The third-order valence-corrected chi connectivity index (χ3v) is 2.62. The molecule has 0 unspecified atom stereocenters. The molecule has 2 nitrogen and oxygen atoms in total. The van der Waals surface area contributed by atoms with E-state index in [0.717, 1.165) is 4.88 Å². The second-order valence-corrected chi connectivity index (χ2v) is 4.07. The Balaban J connectivity index is 2.70. The number of aliphatic carboxylic acids is 1. The summed E-state index contributed by atoms with van der Waals surface area (Å²) in [5, 5.41) is 10.6. The van der Waals surface area contributed by atoms with Gasteiger partial charge in [-0.15, -0.1) is 11.3 Å². The number of carboxylic acids is 1. The first-order chi connectivity index (χ1) is 5.59. The summed E-state index contributed by atoms with van der Waals surface area (Å²) >= 11 is 1.53. The zero-order valence-corrected chi connectivity index (χ0v) is 8.02. The van der Waals surface area contributed by atoms with Crippen molar-refractivity contribution in [3.8, 4) is 0 Å². The molecule has 0 bridgehead atoms. The fourth-order valence-corrected chi connectivity index (χ4v) is 1.98. The second kappa shape index (κ2) is 3.72. The van der Waals surface area contributed by atoms with Gasteiger partial charge in [0.15, 0.2) is 0 Å². The first-order valence-corrected chi connectivity index (χ1v) is 4.76. The molecule has 66 valence electrons. The van der Waals surface area contributed by atoms with Crippen molar-refractivity contribution in [2.24, 2.45) is 0 Å². The molecule has 0 aliphatic heterocycles. The summed E-state index contributed by atoms with van der Waals surface area (Å²) in [5.41, 5.74) is 1.23. The van der Waals surface area contributed by atoms with Gasteiger partial charge in [0, 0.05) is 4.88 Å². The first kappa shape index (κ1) is 9.26. The number of hydrogen-bond acceptors (Lipinski definition) is 2. The fraction of sp³-hybridized carbons (Fsp3) is 0.444. The first-order valence-electron chi connectivity index (χ1n) is 3.88. The van der Waals surface area contributed by atoms with Gasteiger partial charge in [0.2, 0.25) is 0 Å². The molecule has 1 N–H and O–H groups in total. The predicted molar refractivity (Wildman–Crippen MR) is 49.7 cm³/mol. The molecule has 0 radical (unpaired) electrons. The predicted octanol–water partition coefficient (Wildman–Crippen LogP) is 2.50. The molecule has 1 heterocycles. The van der Waals surface area contributed by atoms with Gasteiger partial charge < -0.3 is 5.11 Å². The maximum atomic E-state index is 10.4. The highest BCUT2D eigenvalue weighted by Crippen LogP contribution is 2.22. The lowest BCUT2D eigenvalue weighted by atomic mass is 10.1. The summed E-state index contributed by atoms with van der Waals surface area (Å²) < 4.78 is 0. The number of thiophene rings is 1. The molecule has 1 rings (SSSR count). The highest BCUT2D eigenvalue weighted by atomic mass is 32.1. The van der Waals surface area contributed by atoms with E-state index in [9.17, 15) is 4.79 Å². The molecule has 0 fully saturated rings. The van der Waals surface area contributed by atoms with E-state index < -0.39 is 5.97 Å². The Labute approximate surface area is 75.9 Å². The summed E-state index contributed by atoms with van der Waals surface area (Å²) in [5.74, 6) is -0.268. The fourth-order valence-electron chi connectivity index (χ4n) is 0.942. The lowest BCUT2D eigenvalue weighted by Crippen LogP contribution is -1.97. The maximum absolute atomic E-state index is 10.4. The zero-order chi connectivity index (χ0) is 9.14. The quantitative estimate of drug-likeness (QED) is 0.783. The Morgan fingerprint density at radius 3 is 2.75 bits per heavy atom. The molecule has 3 heteroatoms. The SMILES string of the molecule is CC(C)c1csc(CC(=O)O)c1. The van der Waals surface area contributed by atoms with Crippen molar-refractivity contribution in [3.63, 3.8) is 0 Å². The van der Waals surface area contributed by atoms with Crippen molar-refractivity contribution in [2.45, 2.75) is 26.2 Å². The second-order valence-electron chi connectivity index (χ2n) is 3.07. The Kier molecular flexibility index (Phi) is 2.87. The normalized spacial score (nSPS) is 10.6. The highest BCUT2D eigenvalue weighted by Gasteiger charge is 2.06. The molecule has 1 aromatic heterocycles. The summed E-state index contributed by atoms with van der Waals surface area (Å²) in [6.45, 7) is 4.21. The van der Waals surface area contributed by atoms with Crippen LogP contribution in [0.25, 0.3) is 0 Å². The minimum Gasteiger partial charge on any atom is -0.481 e. The van der Waals surface area contributed by atoms with Crippen molar-refractivity contribution in [1.82, 2.24) is 0 Å². The third kappa shape index (κ3) is 2.34. The molecule has 0 aromatic carbocycles. The van der Waals surface area contributed by atoms with E-state index in [1.807, 2.05) is 11.4 Å². The van der Waals surface area contributed by atoms with Gasteiger partial charge in [-0.05, 0) is 22.9 Å². The molecule has 0 spiro atoms. The Hall–Kier alpha value is -0.830. The van der Waals surface area contributed by atoms with Gasteiger partial charge in [0.05, 0.1) is 6.42 Å². The third-order valence-electron chi connectivity index (χ3n) is 1.67. The molecule has 0 aliphatic carbocycles. The Morgan fingerprint density at radius 2 is 2.33 bits per heavy atom. The molecular formula is C9H12O2S. The minimum atomic E-state index is -0.757. The summed E-state index contributed by atoms with van der Waals surface area (Å²) in [4.78, 5) is 11.3. The van der Waals surface area contributed by atoms with Crippen LogP contribution in [0.15, 0.2) is 11.4 Å². The number of carbonyl (C=O) groups is 1. The van der Waals surface area contributed by atoms with Crippen LogP contribution in [-0.2, 0) is 11.2 Å². The molecule has 0 aliphatic rings. The number of carboxylic acid groups (broad SMARTS) is 1. The molecule has 0 atom stereocenters. The smallest absolute Gasteiger partial charge is 0.308 e. The van der Waals surface area contributed by atoms with Gasteiger partial charge in [-0.3, -0.25) is 4.79 Å². The van der Waals surface area contributed by atoms with Crippen molar-refractivity contribution in [1.29, 1.82) is 0 Å². The van der Waals surface area contributed by atoms with Crippen LogP contribution in [0.1, 0.15) is 30.2 Å². The zero-order valence-electron chi connectivity index (χ0n) is 7.20. The summed E-state index contributed by atoms with van der Waals surface area (Å²) in [6, 6.07) is 1.98. The van der Waals surface area contributed by atoms with E-state index in [4.69, 9.17) is 5.11 Å². The molecule has 12 heavy (non-hydrogen) atoms. The monoisotopic (exact) mass is 184 g/mol. The van der Waals surface area contributed by atoms with Crippen molar-refractivity contribution >= 4 is 17.3 Å². The van der Waals surface area contributed by atoms with Gasteiger partial charge in [0.1, 0.15) is 0 Å². The van der Waals surface area contributed by atoms with Gasteiger partial charge >= 0.3 is 5.97 Å². The lowest BCUT2D eigenvalue weighted by Gasteiger charge is -1.97.